The third kappa shape index (κ3) is 4.15. The fourth-order valence-electron chi connectivity index (χ4n) is 1.94. The van der Waals surface area contributed by atoms with Crippen LogP contribution in [0.15, 0.2) is 24.3 Å². The van der Waals surface area contributed by atoms with Gasteiger partial charge in [0.1, 0.15) is 6.10 Å². The van der Waals surface area contributed by atoms with Crippen LogP contribution in [0.3, 0.4) is 0 Å². The molecule has 9 heteroatoms. The number of carbonyl (C=O) groups is 1. The quantitative estimate of drug-likeness (QED) is 0.446. The number of rotatable bonds is 5. The van der Waals surface area contributed by atoms with Crippen molar-refractivity contribution in [1.29, 1.82) is 0 Å². The van der Waals surface area contributed by atoms with Crippen LogP contribution in [-0.4, -0.2) is 43.5 Å². The van der Waals surface area contributed by atoms with Crippen LogP contribution in [-0.2, 0) is 19.4 Å². The Morgan fingerprint density at radius 1 is 1.38 bits per heavy atom. The summed E-state index contributed by atoms with van der Waals surface area (Å²) in [5.74, 6) is -0.992. The fraction of sp³-hybridized carbons (Fsp3) is 0.417. The van der Waals surface area contributed by atoms with Crippen LogP contribution in [0.4, 0.5) is 5.69 Å². The third-order valence-electron chi connectivity index (χ3n) is 2.90. The van der Waals surface area contributed by atoms with E-state index in [4.69, 9.17) is 9.47 Å². The number of sulfone groups is 1. The number of nitrogens with zero attached hydrogens (tertiary/aromatic N) is 1. The van der Waals surface area contributed by atoms with Gasteiger partial charge in [0.2, 0.25) is 0 Å². The molecule has 1 heterocycles. The Kier molecular flexibility index (Phi) is 4.41. The number of hydrogen-bond donors (Lipinski definition) is 0. The number of carbonyl (C=O) groups excluding carboxylic acids is 1. The molecule has 0 aromatic heterocycles. The standard InChI is InChI=1S/C12H13NO7S/c14-12(20-9-5-6-21(17,18)8-9)7-19-11-4-2-1-3-10(11)13(15)16/h1-4,9H,5-8H2/t9-/m1/s1. The zero-order valence-electron chi connectivity index (χ0n) is 10.9. The first kappa shape index (κ1) is 15.2. The summed E-state index contributed by atoms with van der Waals surface area (Å²) < 4.78 is 32.5. The molecule has 1 aliphatic rings. The topological polar surface area (TPSA) is 113 Å². The van der Waals surface area contributed by atoms with Gasteiger partial charge < -0.3 is 9.47 Å². The number of para-hydroxylation sites is 2. The first-order valence-electron chi connectivity index (χ1n) is 6.13. The zero-order valence-corrected chi connectivity index (χ0v) is 11.7. The van der Waals surface area contributed by atoms with Gasteiger partial charge in [-0.05, 0) is 12.5 Å². The maximum Gasteiger partial charge on any atom is 0.344 e. The normalized spacial score (nSPS) is 19.9. The maximum absolute atomic E-state index is 11.6. The molecular formula is C12H13NO7S. The number of benzene rings is 1. The molecule has 1 atom stereocenters. The molecule has 1 aromatic carbocycles. The van der Waals surface area contributed by atoms with Gasteiger partial charge in [0.05, 0.1) is 16.4 Å². The minimum atomic E-state index is -3.13. The van der Waals surface area contributed by atoms with Crippen LogP contribution < -0.4 is 4.74 Å². The number of ether oxygens (including phenoxy) is 2. The van der Waals surface area contributed by atoms with Gasteiger partial charge in [0.15, 0.2) is 22.2 Å². The van der Waals surface area contributed by atoms with Crippen LogP contribution in [0.1, 0.15) is 6.42 Å². The average Bonchev–Trinajstić information content (AvgIpc) is 2.75. The van der Waals surface area contributed by atoms with Crippen molar-refractivity contribution in [2.45, 2.75) is 12.5 Å². The lowest BCUT2D eigenvalue weighted by Crippen LogP contribution is -2.23. The largest absolute Gasteiger partial charge is 0.475 e. The van der Waals surface area contributed by atoms with Crippen LogP contribution >= 0.6 is 0 Å². The molecule has 0 bridgehead atoms. The van der Waals surface area contributed by atoms with Crippen LogP contribution in [0.25, 0.3) is 0 Å². The molecule has 8 nitrogen and oxygen atoms in total. The minimum Gasteiger partial charge on any atom is -0.475 e. The van der Waals surface area contributed by atoms with Gasteiger partial charge >= 0.3 is 11.7 Å². The van der Waals surface area contributed by atoms with Crippen molar-refractivity contribution in [3.05, 3.63) is 34.4 Å². The summed E-state index contributed by atoms with van der Waals surface area (Å²) in [6, 6.07) is 5.64. The van der Waals surface area contributed by atoms with Crippen molar-refractivity contribution >= 4 is 21.5 Å². The Morgan fingerprint density at radius 2 is 2.10 bits per heavy atom. The van der Waals surface area contributed by atoms with Crippen LogP contribution in [0, 0.1) is 10.1 Å². The SMILES string of the molecule is O=C(COc1ccccc1[N+](=O)[O-])O[C@@H]1CCS(=O)(=O)C1. The number of nitro benzene ring substituents is 1. The maximum atomic E-state index is 11.6. The summed E-state index contributed by atoms with van der Waals surface area (Å²) in [7, 11) is -3.13. The van der Waals surface area contributed by atoms with Gasteiger partial charge in [-0.3, -0.25) is 10.1 Å². The van der Waals surface area contributed by atoms with Gasteiger partial charge in [0, 0.05) is 6.07 Å². The van der Waals surface area contributed by atoms with Gasteiger partial charge in [-0.15, -0.1) is 0 Å². The summed E-state index contributed by atoms with van der Waals surface area (Å²) in [4.78, 5) is 21.7. The van der Waals surface area contributed by atoms with Gasteiger partial charge in [-0.2, -0.15) is 0 Å². The lowest BCUT2D eigenvalue weighted by atomic mass is 10.3. The number of hydrogen-bond acceptors (Lipinski definition) is 7. The molecular weight excluding hydrogens is 302 g/mol. The van der Waals surface area contributed by atoms with E-state index in [1.807, 2.05) is 0 Å². The molecule has 0 radical (unpaired) electrons. The Bertz CT molecular complexity index is 655. The van der Waals surface area contributed by atoms with Crippen molar-refractivity contribution in [2.75, 3.05) is 18.1 Å². The van der Waals surface area contributed by atoms with Crippen molar-refractivity contribution < 1.29 is 27.6 Å². The number of nitro groups is 1. The number of esters is 1. The van der Waals surface area contributed by atoms with E-state index >= 15 is 0 Å². The highest BCUT2D eigenvalue weighted by molar-refractivity contribution is 7.91. The highest BCUT2D eigenvalue weighted by Crippen LogP contribution is 2.25. The molecule has 1 fully saturated rings. The van der Waals surface area contributed by atoms with Crippen LogP contribution in [0.2, 0.25) is 0 Å². The molecule has 1 saturated heterocycles. The van der Waals surface area contributed by atoms with E-state index in [1.54, 1.807) is 0 Å². The second kappa shape index (κ2) is 6.08. The van der Waals surface area contributed by atoms with E-state index in [0.29, 0.717) is 0 Å². The molecule has 1 aliphatic heterocycles. The zero-order chi connectivity index (χ0) is 15.5. The van der Waals surface area contributed by atoms with E-state index in [2.05, 4.69) is 0 Å². The molecule has 0 amide bonds. The first-order valence-corrected chi connectivity index (χ1v) is 7.95. The van der Waals surface area contributed by atoms with E-state index in [9.17, 15) is 23.3 Å². The molecule has 0 saturated carbocycles. The molecule has 0 unspecified atom stereocenters. The van der Waals surface area contributed by atoms with Crippen molar-refractivity contribution in [3.8, 4) is 5.75 Å². The highest BCUT2D eigenvalue weighted by atomic mass is 32.2. The lowest BCUT2D eigenvalue weighted by molar-refractivity contribution is -0.385. The molecule has 1 aromatic rings. The predicted molar refractivity (Wildman–Crippen MR) is 71.7 cm³/mol. The summed E-state index contributed by atoms with van der Waals surface area (Å²) in [6.45, 7) is -0.512. The fourth-order valence-corrected chi connectivity index (χ4v) is 3.53. The Balaban J connectivity index is 1.89. The monoisotopic (exact) mass is 315 g/mol. The molecule has 114 valence electrons. The Labute approximate surface area is 120 Å². The Hall–Kier alpha value is -2.16. The smallest absolute Gasteiger partial charge is 0.344 e. The second-order valence-electron chi connectivity index (χ2n) is 4.53. The van der Waals surface area contributed by atoms with Gasteiger partial charge in [0.25, 0.3) is 0 Å². The van der Waals surface area contributed by atoms with Gasteiger partial charge in [-0.25, -0.2) is 13.2 Å². The van der Waals surface area contributed by atoms with Crippen molar-refractivity contribution in [2.24, 2.45) is 0 Å². The Morgan fingerprint density at radius 3 is 2.71 bits per heavy atom. The van der Waals surface area contributed by atoms with Crippen LogP contribution in [0.5, 0.6) is 5.75 Å². The first-order chi connectivity index (χ1) is 9.87. The van der Waals surface area contributed by atoms with E-state index in [1.165, 1.54) is 24.3 Å². The van der Waals surface area contributed by atoms with E-state index in [-0.39, 0.29) is 29.4 Å². The summed E-state index contributed by atoms with van der Waals surface area (Å²) in [5.41, 5.74) is -0.256. The molecule has 0 spiro atoms. The lowest BCUT2D eigenvalue weighted by Gasteiger charge is -2.11. The summed E-state index contributed by atoms with van der Waals surface area (Å²) in [6.07, 6.45) is -0.406. The predicted octanol–water partition coefficient (Wildman–Crippen LogP) is 0.704. The van der Waals surface area contributed by atoms with Crippen molar-refractivity contribution in [3.63, 3.8) is 0 Å². The van der Waals surface area contributed by atoms with E-state index in [0.717, 1.165) is 0 Å². The minimum absolute atomic E-state index is 0.00401. The average molecular weight is 315 g/mol. The molecule has 21 heavy (non-hydrogen) atoms. The molecule has 2 rings (SSSR count). The van der Waals surface area contributed by atoms with Gasteiger partial charge in [-0.1, -0.05) is 12.1 Å². The molecule has 0 N–H and O–H groups in total. The summed E-state index contributed by atoms with van der Waals surface area (Å²) >= 11 is 0. The summed E-state index contributed by atoms with van der Waals surface area (Å²) in [5, 5.41) is 10.8. The molecule has 0 aliphatic carbocycles. The van der Waals surface area contributed by atoms with E-state index < -0.39 is 33.4 Å². The highest BCUT2D eigenvalue weighted by Gasteiger charge is 2.30. The second-order valence-corrected chi connectivity index (χ2v) is 6.76. The van der Waals surface area contributed by atoms with Crippen molar-refractivity contribution in [1.82, 2.24) is 0 Å². The third-order valence-corrected chi connectivity index (χ3v) is 4.63.